The summed E-state index contributed by atoms with van der Waals surface area (Å²) >= 11 is 0. The molecule has 1 heterocycles. The van der Waals surface area contributed by atoms with Crippen LogP contribution < -0.4 is 0 Å². The van der Waals surface area contributed by atoms with Gasteiger partial charge in [0.1, 0.15) is 5.60 Å². The lowest BCUT2D eigenvalue weighted by atomic mass is 9.92. The van der Waals surface area contributed by atoms with Gasteiger partial charge in [0.25, 0.3) is 0 Å². The zero-order valence-corrected chi connectivity index (χ0v) is 12.7. The van der Waals surface area contributed by atoms with E-state index in [1.54, 1.807) is 26.0 Å². The minimum atomic E-state index is -3.29. The van der Waals surface area contributed by atoms with Gasteiger partial charge in [-0.1, -0.05) is 12.1 Å². The van der Waals surface area contributed by atoms with Crippen LogP contribution in [-0.4, -0.2) is 38.1 Å². The van der Waals surface area contributed by atoms with Crippen LogP contribution in [0.25, 0.3) is 5.57 Å². The molecular weight excluding hydrogens is 296 g/mol. The van der Waals surface area contributed by atoms with Gasteiger partial charge in [0.2, 0.25) is 5.76 Å². The van der Waals surface area contributed by atoms with E-state index >= 15 is 0 Å². The molecule has 114 valence electrons. The second-order valence-electron chi connectivity index (χ2n) is 5.17. The van der Waals surface area contributed by atoms with Crippen molar-refractivity contribution in [2.24, 2.45) is 0 Å². The van der Waals surface area contributed by atoms with Crippen molar-refractivity contribution in [1.82, 2.24) is 0 Å². The number of aliphatic hydroxyl groups is 1. The van der Waals surface area contributed by atoms with Crippen molar-refractivity contribution in [3.8, 4) is 0 Å². The number of cyclic esters (lactones) is 1. The quantitative estimate of drug-likeness (QED) is 0.661. The first-order chi connectivity index (χ1) is 9.66. The lowest BCUT2D eigenvalue weighted by Crippen LogP contribution is -2.22. The van der Waals surface area contributed by atoms with Crippen LogP contribution in [0, 0.1) is 0 Å². The van der Waals surface area contributed by atoms with Crippen LogP contribution in [0.15, 0.2) is 34.9 Å². The number of hydrogen-bond acceptors (Lipinski definition) is 6. The molecule has 1 aromatic carbocycles. The molecular formula is C14H16O6S. The topological polar surface area (TPSA) is 89.9 Å². The van der Waals surface area contributed by atoms with Crippen molar-refractivity contribution in [2.75, 3.05) is 13.0 Å². The first kappa shape index (κ1) is 15.5. The zero-order chi connectivity index (χ0) is 15.8. The van der Waals surface area contributed by atoms with Crippen LogP contribution in [0.2, 0.25) is 0 Å². The van der Waals surface area contributed by atoms with Crippen molar-refractivity contribution in [1.29, 1.82) is 0 Å². The van der Waals surface area contributed by atoms with Crippen molar-refractivity contribution >= 4 is 21.4 Å². The molecule has 0 saturated carbocycles. The molecule has 0 radical (unpaired) electrons. The first-order valence-electron chi connectivity index (χ1n) is 6.19. The Morgan fingerprint density at radius 1 is 1.24 bits per heavy atom. The number of rotatable bonds is 4. The molecule has 1 aliphatic heterocycles. The van der Waals surface area contributed by atoms with Gasteiger partial charge in [0.15, 0.2) is 16.6 Å². The maximum Gasteiger partial charge on any atom is 0.375 e. The number of sulfone groups is 1. The SMILES string of the molecule is CC1(C)OC(=O)C(OCO)=C1c1ccc(S(C)(=O)=O)cc1. The highest BCUT2D eigenvalue weighted by Crippen LogP contribution is 2.40. The fourth-order valence-corrected chi connectivity index (χ4v) is 2.88. The number of carbonyl (C=O) groups is 1. The predicted molar refractivity (Wildman–Crippen MR) is 74.8 cm³/mol. The third kappa shape index (κ3) is 2.93. The summed E-state index contributed by atoms with van der Waals surface area (Å²) < 4.78 is 33.1. The van der Waals surface area contributed by atoms with E-state index in [9.17, 15) is 13.2 Å². The molecule has 0 fully saturated rings. The molecule has 0 atom stereocenters. The average molecular weight is 312 g/mol. The summed E-state index contributed by atoms with van der Waals surface area (Å²) in [5, 5.41) is 8.89. The van der Waals surface area contributed by atoms with E-state index < -0.39 is 28.2 Å². The molecule has 2 rings (SSSR count). The largest absolute Gasteiger partial charge is 0.460 e. The predicted octanol–water partition coefficient (Wildman–Crippen LogP) is 1.10. The highest BCUT2D eigenvalue weighted by Gasteiger charge is 2.42. The summed E-state index contributed by atoms with van der Waals surface area (Å²) in [6, 6.07) is 6.06. The van der Waals surface area contributed by atoms with Crippen LogP contribution in [0.5, 0.6) is 0 Å². The van der Waals surface area contributed by atoms with Crippen LogP contribution in [-0.2, 0) is 24.1 Å². The minimum absolute atomic E-state index is 0.0606. The molecule has 7 heteroatoms. The van der Waals surface area contributed by atoms with Crippen LogP contribution >= 0.6 is 0 Å². The Hall–Kier alpha value is -1.86. The molecule has 21 heavy (non-hydrogen) atoms. The lowest BCUT2D eigenvalue weighted by Gasteiger charge is -2.21. The highest BCUT2D eigenvalue weighted by atomic mass is 32.2. The van der Waals surface area contributed by atoms with E-state index in [-0.39, 0.29) is 10.7 Å². The molecule has 0 amide bonds. The van der Waals surface area contributed by atoms with Gasteiger partial charge in [-0.2, -0.15) is 0 Å². The van der Waals surface area contributed by atoms with E-state index in [0.717, 1.165) is 6.26 Å². The number of benzene rings is 1. The Kier molecular flexibility index (Phi) is 3.81. The zero-order valence-electron chi connectivity index (χ0n) is 11.9. The van der Waals surface area contributed by atoms with E-state index in [0.29, 0.717) is 11.1 Å². The summed E-state index contributed by atoms with van der Waals surface area (Å²) in [7, 11) is -3.29. The van der Waals surface area contributed by atoms with Crippen LogP contribution in [0.4, 0.5) is 0 Å². The number of hydrogen-bond donors (Lipinski definition) is 1. The van der Waals surface area contributed by atoms with Gasteiger partial charge >= 0.3 is 5.97 Å². The van der Waals surface area contributed by atoms with Crippen LogP contribution in [0.3, 0.4) is 0 Å². The summed E-state index contributed by atoms with van der Waals surface area (Å²) in [6.07, 6.45) is 1.12. The van der Waals surface area contributed by atoms with E-state index in [4.69, 9.17) is 14.6 Å². The number of ether oxygens (including phenoxy) is 2. The van der Waals surface area contributed by atoms with Gasteiger partial charge < -0.3 is 14.6 Å². The second-order valence-corrected chi connectivity index (χ2v) is 7.19. The molecule has 1 aromatic rings. The van der Waals surface area contributed by atoms with Gasteiger partial charge in [-0.3, -0.25) is 0 Å². The fourth-order valence-electron chi connectivity index (χ4n) is 2.25. The molecule has 0 aliphatic carbocycles. The summed E-state index contributed by atoms with van der Waals surface area (Å²) in [5.74, 6) is -0.717. The van der Waals surface area contributed by atoms with Gasteiger partial charge in [0, 0.05) is 6.26 Å². The minimum Gasteiger partial charge on any atom is -0.460 e. The summed E-state index contributed by atoms with van der Waals surface area (Å²) in [5.41, 5.74) is 0.150. The smallest absolute Gasteiger partial charge is 0.375 e. The molecule has 0 aromatic heterocycles. The highest BCUT2D eigenvalue weighted by molar-refractivity contribution is 7.90. The Bertz CT molecular complexity index is 697. The van der Waals surface area contributed by atoms with E-state index in [1.807, 2.05) is 0 Å². The third-order valence-corrected chi connectivity index (χ3v) is 4.27. The number of esters is 1. The molecule has 0 bridgehead atoms. The average Bonchev–Trinajstić information content (AvgIpc) is 2.58. The summed E-state index contributed by atoms with van der Waals surface area (Å²) in [6.45, 7) is 2.74. The van der Waals surface area contributed by atoms with E-state index in [1.165, 1.54) is 12.1 Å². The maximum atomic E-state index is 11.8. The Morgan fingerprint density at radius 3 is 2.29 bits per heavy atom. The van der Waals surface area contributed by atoms with E-state index in [2.05, 4.69) is 0 Å². The standard InChI is InChI=1S/C14H16O6S/c1-14(2)11(12(19-8-15)13(16)20-14)9-4-6-10(7-5-9)21(3,17)18/h4-7,15H,8H2,1-3H3. The number of aliphatic hydroxyl groups excluding tert-OH is 1. The molecule has 6 nitrogen and oxygen atoms in total. The molecule has 1 N–H and O–H groups in total. The molecule has 1 aliphatic rings. The van der Waals surface area contributed by atoms with Crippen molar-refractivity contribution in [3.63, 3.8) is 0 Å². The molecule has 0 unspecified atom stereocenters. The molecule has 0 saturated heterocycles. The Balaban J connectivity index is 2.54. The van der Waals surface area contributed by atoms with Gasteiger partial charge in [-0.25, -0.2) is 13.2 Å². The van der Waals surface area contributed by atoms with Gasteiger partial charge in [0.05, 0.1) is 10.5 Å². The third-order valence-electron chi connectivity index (χ3n) is 3.14. The summed E-state index contributed by atoms with van der Waals surface area (Å²) in [4.78, 5) is 12.0. The Morgan fingerprint density at radius 2 is 1.81 bits per heavy atom. The van der Waals surface area contributed by atoms with Gasteiger partial charge in [-0.15, -0.1) is 0 Å². The van der Waals surface area contributed by atoms with Crippen molar-refractivity contribution in [3.05, 3.63) is 35.6 Å². The molecule has 0 spiro atoms. The fraction of sp³-hybridized carbons (Fsp3) is 0.357. The Labute approximate surface area is 122 Å². The van der Waals surface area contributed by atoms with Crippen LogP contribution in [0.1, 0.15) is 19.4 Å². The monoisotopic (exact) mass is 312 g/mol. The normalized spacial score (nSPS) is 17.8. The lowest BCUT2D eigenvalue weighted by molar-refractivity contribution is -0.148. The second kappa shape index (κ2) is 5.16. The van der Waals surface area contributed by atoms with Gasteiger partial charge in [-0.05, 0) is 31.5 Å². The van der Waals surface area contributed by atoms with Crippen molar-refractivity contribution < 1.29 is 27.8 Å². The first-order valence-corrected chi connectivity index (χ1v) is 8.08. The maximum absolute atomic E-state index is 11.8. The number of carbonyl (C=O) groups excluding carboxylic acids is 1. The van der Waals surface area contributed by atoms with Crippen molar-refractivity contribution in [2.45, 2.75) is 24.3 Å².